The summed E-state index contributed by atoms with van der Waals surface area (Å²) in [6, 6.07) is 67.7. The lowest BCUT2D eigenvalue weighted by atomic mass is 10.1. The van der Waals surface area contributed by atoms with Gasteiger partial charge in [-0.2, -0.15) is 0 Å². The number of benzene rings is 9. The number of aliphatic imine (C=N–C) groups is 1. The standard InChI is InChI=1S/C21H29NO2.C20H28N2O2.C18H23NO2.C18H21NO2.C9H13N/c1-16(2)22(13-12-18-8-6-17(3)7-9-18)15-19-10-11-20(23-4)21(14-19)24-5;1-15(2)22(12-11-16-5-8-18(21)9-6-16)14-17-7-10-19(23-3)20(13-17)24-4;2*1-14-4-6-15(7-5-14)10-11-19-13-16-8-9-17(20-2)18(12-16)21-3;1-8-2-4-9(5-3-8)6-7-10/h6-11,14,16H,12-13,15H2,1-5H3;5-10,13,15H,11-12,14,21H2,1-4H3;4-9,12,19H,10-11,13H2,1-3H3;4-9,12-13H,10-11H2,1-3H3;2-5H,6-7,10H2,1H3. The van der Waals surface area contributed by atoms with Crippen LogP contribution in [0.5, 0.6) is 46.0 Å². The summed E-state index contributed by atoms with van der Waals surface area (Å²) in [7, 11) is 13.2. The van der Waals surface area contributed by atoms with Crippen molar-refractivity contribution in [3.05, 3.63) is 266 Å². The van der Waals surface area contributed by atoms with E-state index in [4.69, 9.17) is 49.4 Å². The molecule has 0 aliphatic heterocycles. The Balaban J connectivity index is 0.000000230. The highest BCUT2D eigenvalue weighted by atomic mass is 16.5. The SMILES string of the molecule is COc1ccc(C=NCCc2ccc(C)cc2)cc1OC.COc1ccc(CN(CCc2ccc(C)cc2)C(C)C)cc1OC.COc1ccc(CN(CCc2ccc(N)cc2)C(C)C)cc1OC.COc1ccc(CNCCc2ccc(C)cc2)cc1OC.Cc1ccc(CCN)cc1. The maximum Gasteiger partial charge on any atom is 0.161 e. The van der Waals surface area contributed by atoms with E-state index >= 15 is 0 Å². The van der Waals surface area contributed by atoms with E-state index < -0.39 is 0 Å². The predicted molar refractivity (Wildman–Crippen MR) is 417 cm³/mol. The summed E-state index contributed by atoms with van der Waals surface area (Å²) in [4.78, 5) is 9.41. The lowest BCUT2D eigenvalue weighted by Crippen LogP contribution is -2.32. The molecule has 0 unspecified atom stereocenters. The number of nitrogens with two attached hydrogens (primary N) is 2. The molecule has 100 heavy (non-hydrogen) atoms. The van der Waals surface area contributed by atoms with Gasteiger partial charge in [0.1, 0.15) is 0 Å². The normalized spacial score (nSPS) is 10.8. The van der Waals surface area contributed by atoms with Crippen molar-refractivity contribution in [3.63, 3.8) is 0 Å². The van der Waals surface area contributed by atoms with E-state index in [0.717, 1.165) is 142 Å². The molecule has 0 aliphatic rings. The molecule has 536 valence electrons. The quantitative estimate of drug-likeness (QED) is 0.0214. The van der Waals surface area contributed by atoms with Gasteiger partial charge < -0.3 is 54.7 Å². The second kappa shape index (κ2) is 45.4. The van der Waals surface area contributed by atoms with Gasteiger partial charge in [0.25, 0.3) is 0 Å². The first kappa shape index (κ1) is 81.4. The van der Waals surface area contributed by atoms with Gasteiger partial charge in [-0.1, -0.05) is 150 Å². The highest BCUT2D eigenvalue weighted by Crippen LogP contribution is 2.31. The van der Waals surface area contributed by atoms with Crippen molar-refractivity contribution in [2.24, 2.45) is 10.7 Å². The van der Waals surface area contributed by atoms with E-state index in [1.807, 2.05) is 60.8 Å². The molecule has 0 aromatic heterocycles. The monoisotopic (exact) mass is 1360 g/mol. The molecule has 9 aromatic rings. The molecule has 9 rings (SSSR count). The Morgan fingerprint density at radius 1 is 0.360 bits per heavy atom. The summed E-state index contributed by atoms with van der Waals surface area (Å²) in [6.07, 6.45) is 6.91. The van der Waals surface area contributed by atoms with Crippen LogP contribution in [-0.4, -0.2) is 118 Å². The van der Waals surface area contributed by atoms with Crippen molar-refractivity contribution < 1.29 is 37.9 Å². The molecule has 0 saturated heterocycles. The molecular weight excluding hydrogens is 1240 g/mol. The number of methoxy groups -OCH3 is 8. The van der Waals surface area contributed by atoms with Crippen LogP contribution in [-0.2, 0) is 51.7 Å². The Bertz CT molecular complexity index is 3630. The molecule has 14 heteroatoms. The van der Waals surface area contributed by atoms with Crippen molar-refractivity contribution in [2.75, 3.05) is 95.3 Å². The zero-order valence-corrected chi connectivity index (χ0v) is 62.7. The molecule has 0 radical (unpaired) electrons. The molecule has 0 amide bonds. The van der Waals surface area contributed by atoms with Crippen LogP contribution in [0.25, 0.3) is 0 Å². The fraction of sp³-hybridized carbons (Fsp3) is 0.360. The summed E-state index contributed by atoms with van der Waals surface area (Å²) in [6.45, 7) is 24.5. The number of nitrogens with zero attached hydrogens (tertiary/aromatic N) is 3. The molecule has 0 fully saturated rings. The minimum atomic E-state index is 0.465. The van der Waals surface area contributed by atoms with Crippen LogP contribution in [0.1, 0.15) is 100 Å². The van der Waals surface area contributed by atoms with E-state index in [1.165, 1.54) is 66.8 Å². The zero-order valence-electron chi connectivity index (χ0n) is 62.7. The third kappa shape index (κ3) is 29.6. The smallest absolute Gasteiger partial charge is 0.161 e. The van der Waals surface area contributed by atoms with Gasteiger partial charge in [0.05, 0.1) is 56.9 Å². The van der Waals surface area contributed by atoms with Gasteiger partial charge in [-0.15, -0.1) is 0 Å². The van der Waals surface area contributed by atoms with Gasteiger partial charge in [-0.25, -0.2) is 0 Å². The highest BCUT2D eigenvalue weighted by molar-refractivity contribution is 5.81. The van der Waals surface area contributed by atoms with Crippen LogP contribution in [0.3, 0.4) is 0 Å². The Kier molecular flexibility index (Phi) is 36.9. The van der Waals surface area contributed by atoms with Gasteiger partial charge in [-0.05, 0) is 217 Å². The lowest BCUT2D eigenvalue weighted by molar-refractivity contribution is 0.215. The van der Waals surface area contributed by atoms with Crippen molar-refractivity contribution >= 4 is 11.9 Å². The van der Waals surface area contributed by atoms with Crippen LogP contribution in [0.2, 0.25) is 0 Å². The van der Waals surface area contributed by atoms with E-state index in [1.54, 1.807) is 56.9 Å². The second-order valence-corrected chi connectivity index (χ2v) is 25.2. The summed E-state index contributed by atoms with van der Waals surface area (Å²) >= 11 is 0. The maximum atomic E-state index is 5.75. The number of nitrogens with one attached hydrogen (secondary N) is 1. The topological polar surface area (TPSA) is 157 Å². The van der Waals surface area contributed by atoms with Crippen LogP contribution < -0.4 is 54.7 Å². The average Bonchev–Trinajstić information content (AvgIpc) is 0.921. The molecule has 0 spiro atoms. The Hall–Kier alpha value is -9.31. The fourth-order valence-electron chi connectivity index (χ4n) is 10.6. The van der Waals surface area contributed by atoms with Crippen molar-refractivity contribution in [1.82, 2.24) is 15.1 Å². The minimum absolute atomic E-state index is 0.465. The van der Waals surface area contributed by atoms with Crippen molar-refractivity contribution in [2.45, 2.75) is 119 Å². The minimum Gasteiger partial charge on any atom is -0.493 e. The van der Waals surface area contributed by atoms with Gasteiger partial charge in [0.15, 0.2) is 46.0 Å². The summed E-state index contributed by atoms with van der Waals surface area (Å²) in [5.41, 5.74) is 28.5. The predicted octanol–water partition coefficient (Wildman–Crippen LogP) is 16.7. The van der Waals surface area contributed by atoms with Crippen LogP contribution >= 0.6 is 0 Å². The van der Waals surface area contributed by atoms with E-state index in [2.05, 4.69) is 215 Å². The van der Waals surface area contributed by atoms with Crippen LogP contribution in [0, 0.1) is 27.7 Å². The van der Waals surface area contributed by atoms with E-state index in [9.17, 15) is 0 Å². The molecule has 14 nitrogen and oxygen atoms in total. The van der Waals surface area contributed by atoms with Gasteiger partial charge in [0.2, 0.25) is 0 Å². The number of rotatable bonds is 31. The van der Waals surface area contributed by atoms with E-state index in [-0.39, 0.29) is 0 Å². The molecule has 0 saturated carbocycles. The number of hydrogen-bond acceptors (Lipinski definition) is 14. The number of aryl methyl sites for hydroxylation is 4. The van der Waals surface area contributed by atoms with Gasteiger partial charge in [0, 0.05) is 63.3 Å². The fourth-order valence-corrected chi connectivity index (χ4v) is 10.6. The molecule has 0 atom stereocenters. The molecule has 9 aromatic carbocycles. The Labute approximate surface area is 599 Å². The number of hydrogen-bond donors (Lipinski definition) is 3. The number of nitrogen functional groups attached to an aromatic ring is 1. The van der Waals surface area contributed by atoms with Gasteiger partial charge in [-0.3, -0.25) is 14.8 Å². The summed E-state index contributed by atoms with van der Waals surface area (Å²) < 4.78 is 42.5. The zero-order chi connectivity index (χ0) is 72.6. The van der Waals surface area contributed by atoms with Crippen molar-refractivity contribution in [3.8, 4) is 46.0 Å². The Morgan fingerprint density at radius 2 is 0.670 bits per heavy atom. The summed E-state index contributed by atoms with van der Waals surface area (Å²) in [5, 5.41) is 3.46. The van der Waals surface area contributed by atoms with Gasteiger partial charge >= 0.3 is 0 Å². The van der Waals surface area contributed by atoms with E-state index in [0.29, 0.717) is 12.1 Å². The Morgan fingerprint density at radius 3 is 1.04 bits per heavy atom. The van der Waals surface area contributed by atoms with Crippen LogP contribution in [0.4, 0.5) is 5.69 Å². The average molecular weight is 1360 g/mol. The first-order valence-corrected chi connectivity index (χ1v) is 34.6. The maximum absolute atomic E-state index is 5.75. The molecule has 5 N–H and O–H groups in total. The third-order valence-electron chi connectivity index (χ3n) is 16.9. The highest BCUT2D eigenvalue weighted by Gasteiger charge is 2.15. The third-order valence-corrected chi connectivity index (χ3v) is 16.9. The first-order chi connectivity index (χ1) is 48.3. The number of anilines is 1. The molecular formula is C86H114N6O8. The first-order valence-electron chi connectivity index (χ1n) is 34.6. The lowest BCUT2D eigenvalue weighted by Gasteiger charge is -2.27. The second-order valence-electron chi connectivity index (χ2n) is 25.2. The van der Waals surface area contributed by atoms with Crippen molar-refractivity contribution in [1.29, 1.82) is 0 Å². The van der Waals surface area contributed by atoms with Crippen LogP contribution in [0.15, 0.2) is 199 Å². The molecule has 0 bridgehead atoms. The molecule has 0 heterocycles. The largest absolute Gasteiger partial charge is 0.493 e. The molecule has 0 aliphatic carbocycles. The number of ether oxygens (including phenoxy) is 8. The summed E-state index contributed by atoms with van der Waals surface area (Å²) in [5.74, 6) is 6.09.